The molecule has 7 nitrogen and oxygen atoms in total. The molecule has 0 spiro atoms. The lowest BCUT2D eigenvalue weighted by Gasteiger charge is -2.28. The molecule has 3 aliphatic rings. The topological polar surface area (TPSA) is 102 Å². The zero-order valence-electron chi connectivity index (χ0n) is 14.5. The van der Waals surface area contributed by atoms with Gasteiger partial charge >= 0.3 is 0 Å². The molecule has 3 fully saturated rings. The molecule has 2 aliphatic heterocycles. The number of carbonyl (C=O) groups excluding carboxylic acids is 2. The van der Waals surface area contributed by atoms with Crippen LogP contribution in [0.25, 0.3) is 0 Å². The summed E-state index contributed by atoms with van der Waals surface area (Å²) in [6, 6.07) is -0.245. The second-order valence-electron chi connectivity index (χ2n) is 7.54. The molecule has 2 unspecified atom stereocenters. The second kappa shape index (κ2) is 8.03. The van der Waals surface area contributed by atoms with Gasteiger partial charge in [-0.05, 0) is 44.9 Å². The highest BCUT2D eigenvalue weighted by Gasteiger charge is 2.34. The predicted octanol–water partition coefficient (Wildman–Crippen LogP) is 0.391. The van der Waals surface area contributed by atoms with Gasteiger partial charge in [0.05, 0.1) is 17.6 Å². The number of amides is 2. The Morgan fingerprint density at radius 2 is 1.64 bits per heavy atom. The van der Waals surface area contributed by atoms with Gasteiger partial charge in [-0.15, -0.1) is 0 Å². The Labute approximate surface area is 149 Å². The lowest BCUT2D eigenvalue weighted by atomic mass is 9.81. The van der Waals surface area contributed by atoms with Crippen molar-refractivity contribution in [3.05, 3.63) is 0 Å². The first kappa shape index (κ1) is 18.6. The molecule has 2 atom stereocenters. The summed E-state index contributed by atoms with van der Waals surface area (Å²) in [5.74, 6) is 0.0920. The van der Waals surface area contributed by atoms with Gasteiger partial charge in [-0.3, -0.25) is 9.59 Å². The Hall–Kier alpha value is -1.15. The van der Waals surface area contributed by atoms with Gasteiger partial charge in [0.15, 0.2) is 9.84 Å². The molecule has 0 radical (unpaired) electrons. The van der Waals surface area contributed by atoms with E-state index in [0.717, 1.165) is 19.4 Å². The minimum absolute atomic E-state index is 0.0303. The molecule has 2 saturated heterocycles. The van der Waals surface area contributed by atoms with Gasteiger partial charge in [0.25, 0.3) is 0 Å². The van der Waals surface area contributed by atoms with E-state index >= 15 is 0 Å². The summed E-state index contributed by atoms with van der Waals surface area (Å²) in [5.41, 5.74) is 0. The van der Waals surface area contributed by atoms with Gasteiger partial charge in [0.1, 0.15) is 0 Å². The molecule has 1 aliphatic carbocycles. The highest BCUT2D eigenvalue weighted by atomic mass is 32.2. The fraction of sp³-hybridized carbons (Fsp3) is 0.882. The Balaban J connectivity index is 1.37. The van der Waals surface area contributed by atoms with Crippen LogP contribution < -0.4 is 10.6 Å². The summed E-state index contributed by atoms with van der Waals surface area (Å²) in [7, 11) is -2.98. The maximum Gasteiger partial charge on any atom is 0.223 e. The first-order valence-electron chi connectivity index (χ1n) is 9.33. The average molecular weight is 372 g/mol. The Kier molecular flexibility index (Phi) is 5.99. The van der Waals surface area contributed by atoms with Crippen molar-refractivity contribution in [3.63, 3.8) is 0 Å². The van der Waals surface area contributed by atoms with E-state index in [1.165, 1.54) is 0 Å². The Bertz CT molecular complexity index is 592. The first-order valence-corrected chi connectivity index (χ1v) is 11.2. The van der Waals surface area contributed by atoms with Gasteiger partial charge in [-0.1, -0.05) is 0 Å². The van der Waals surface area contributed by atoms with Crippen molar-refractivity contribution in [3.8, 4) is 0 Å². The summed E-state index contributed by atoms with van der Waals surface area (Å²) in [4.78, 5) is 24.6. The molecule has 2 heterocycles. The van der Waals surface area contributed by atoms with Crippen LogP contribution in [0.1, 0.15) is 44.9 Å². The van der Waals surface area contributed by atoms with Gasteiger partial charge < -0.3 is 15.4 Å². The summed E-state index contributed by atoms with van der Waals surface area (Å²) in [6.45, 7) is 1.36. The highest BCUT2D eigenvalue weighted by molar-refractivity contribution is 7.91. The van der Waals surface area contributed by atoms with Gasteiger partial charge in [-0.2, -0.15) is 0 Å². The molecule has 142 valence electrons. The van der Waals surface area contributed by atoms with E-state index in [1.54, 1.807) is 0 Å². The molecule has 25 heavy (non-hydrogen) atoms. The minimum atomic E-state index is -2.98. The SMILES string of the molecule is O=C(NCC1CCCO1)C1CCC(C(=O)NC2CCS(=O)(=O)C2)CC1. The lowest BCUT2D eigenvalue weighted by Crippen LogP contribution is -2.42. The third-order valence-corrected chi connectivity index (χ3v) is 7.34. The fourth-order valence-electron chi connectivity index (χ4n) is 4.01. The Morgan fingerprint density at radius 3 is 2.20 bits per heavy atom. The third-order valence-electron chi connectivity index (χ3n) is 5.58. The maximum absolute atomic E-state index is 12.3. The smallest absolute Gasteiger partial charge is 0.223 e. The summed E-state index contributed by atoms with van der Waals surface area (Å²) in [6.07, 6.45) is 5.50. The number of nitrogens with one attached hydrogen (secondary N) is 2. The zero-order chi connectivity index (χ0) is 17.9. The molecule has 2 N–H and O–H groups in total. The van der Waals surface area contributed by atoms with Crippen LogP contribution in [-0.4, -0.2) is 57.0 Å². The summed E-state index contributed by atoms with van der Waals surface area (Å²) >= 11 is 0. The van der Waals surface area contributed by atoms with Gasteiger partial charge in [0, 0.05) is 31.0 Å². The number of ether oxygens (including phenoxy) is 1. The van der Waals surface area contributed by atoms with Crippen molar-refractivity contribution in [2.24, 2.45) is 11.8 Å². The lowest BCUT2D eigenvalue weighted by molar-refractivity contribution is -0.131. The van der Waals surface area contributed by atoms with Crippen LogP contribution in [0.5, 0.6) is 0 Å². The normalized spacial score (nSPS) is 34.6. The summed E-state index contributed by atoms with van der Waals surface area (Å²) < 4.78 is 28.4. The Morgan fingerprint density at radius 1 is 0.960 bits per heavy atom. The molecular formula is C17H28N2O5S. The van der Waals surface area contributed by atoms with Crippen molar-refractivity contribution in [1.29, 1.82) is 0 Å². The number of carbonyl (C=O) groups is 2. The standard InChI is InChI=1S/C17H28N2O5S/c20-16(18-10-15-2-1-8-24-15)12-3-5-13(6-4-12)17(21)19-14-7-9-25(22,23)11-14/h12-15H,1-11H2,(H,18,20)(H,19,21). The van der Waals surface area contributed by atoms with Crippen molar-refractivity contribution < 1.29 is 22.7 Å². The predicted molar refractivity (Wildman–Crippen MR) is 92.6 cm³/mol. The molecule has 3 rings (SSSR count). The third kappa shape index (κ3) is 5.17. The molecular weight excluding hydrogens is 344 g/mol. The van der Waals surface area contributed by atoms with E-state index in [1.807, 2.05) is 0 Å². The number of rotatable bonds is 5. The van der Waals surface area contributed by atoms with Crippen LogP contribution >= 0.6 is 0 Å². The van der Waals surface area contributed by atoms with Crippen LogP contribution in [0.15, 0.2) is 0 Å². The number of sulfone groups is 1. The van der Waals surface area contributed by atoms with Crippen molar-refractivity contribution >= 4 is 21.7 Å². The van der Waals surface area contributed by atoms with Crippen molar-refractivity contribution in [2.45, 2.75) is 57.1 Å². The average Bonchev–Trinajstić information content (AvgIpc) is 3.22. The van der Waals surface area contributed by atoms with Crippen LogP contribution in [0.3, 0.4) is 0 Å². The second-order valence-corrected chi connectivity index (χ2v) is 9.77. The summed E-state index contributed by atoms with van der Waals surface area (Å²) in [5, 5.41) is 5.85. The van der Waals surface area contributed by atoms with Gasteiger partial charge in [-0.25, -0.2) is 8.42 Å². The monoisotopic (exact) mass is 372 g/mol. The molecule has 0 aromatic heterocycles. The van der Waals surface area contributed by atoms with Crippen LogP contribution in [-0.2, 0) is 24.2 Å². The molecule has 0 aromatic carbocycles. The van der Waals surface area contributed by atoms with E-state index in [9.17, 15) is 18.0 Å². The van der Waals surface area contributed by atoms with Crippen LogP contribution in [0.4, 0.5) is 0 Å². The molecule has 8 heteroatoms. The van der Waals surface area contributed by atoms with Gasteiger partial charge in [0.2, 0.25) is 11.8 Å². The number of hydrogen-bond donors (Lipinski definition) is 2. The molecule has 0 bridgehead atoms. The largest absolute Gasteiger partial charge is 0.376 e. The zero-order valence-corrected chi connectivity index (χ0v) is 15.4. The van der Waals surface area contributed by atoms with E-state index in [4.69, 9.17) is 4.74 Å². The van der Waals surface area contributed by atoms with E-state index < -0.39 is 9.84 Å². The highest BCUT2D eigenvalue weighted by Crippen LogP contribution is 2.29. The van der Waals surface area contributed by atoms with E-state index in [2.05, 4.69) is 10.6 Å². The van der Waals surface area contributed by atoms with Crippen LogP contribution in [0.2, 0.25) is 0 Å². The van der Waals surface area contributed by atoms with Crippen molar-refractivity contribution in [2.75, 3.05) is 24.7 Å². The molecule has 0 aromatic rings. The van der Waals surface area contributed by atoms with Crippen molar-refractivity contribution in [1.82, 2.24) is 10.6 Å². The van der Waals surface area contributed by atoms with E-state index in [0.29, 0.717) is 38.6 Å². The molecule has 2 amide bonds. The fourth-order valence-corrected chi connectivity index (χ4v) is 5.68. The quantitative estimate of drug-likeness (QED) is 0.727. The number of hydrogen-bond acceptors (Lipinski definition) is 5. The maximum atomic E-state index is 12.3. The van der Waals surface area contributed by atoms with Crippen LogP contribution in [0, 0.1) is 11.8 Å². The van der Waals surface area contributed by atoms with E-state index in [-0.39, 0.29) is 47.3 Å². The first-order chi connectivity index (χ1) is 11.9. The molecule has 1 saturated carbocycles. The minimum Gasteiger partial charge on any atom is -0.376 e.